The molecule has 0 N–H and O–H groups in total. The van der Waals surface area contributed by atoms with Gasteiger partial charge >= 0.3 is 5.97 Å². The first-order valence-electron chi connectivity index (χ1n) is 8.07. The lowest BCUT2D eigenvalue weighted by Gasteiger charge is -2.02. The van der Waals surface area contributed by atoms with E-state index in [0.717, 1.165) is 31.3 Å². The third kappa shape index (κ3) is 13.4. The van der Waals surface area contributed by atoms with E-state index in [1.807, 2.05) is 13.0 Å². The Balaban J connectivity index is 4.06. The molecule has 22 heavy (non-hydrogen) atoms. The maximum absolute atomic E-state index is 11.7. The zero-order valence-electron chi connectivity index (χ0n) is 15.2. The molecule has 0 atom stereocenters. The first-order valence-corrected chi connectivity index (χ1v) is 8.07. The van der Waals surface area contributed by atoms with Crippen molar-refractivity contribution < 1.29 is 9.53 Å². The molecule has 0 amide bonds. The summed E-state index contributed by atoms with van der Waals surface area (Å²) >= 11 is 0. The van der Waals surface area contributed by atoms with E-state index < -0.39 is 0 Å². The molecule has 0 unspecified atom stereocenters. The Hall–Kier alpha value is -1.57. The van der Waals surface area contributed by atoms with Gasteiger partial charge in [0.05, 0.1) is 0 Å². The Labute approximate surface area is 136 Å². The third-order valence-corrected chi connectivity index (χ3v) is 3.20. The van der Waals surface area contributed by atoms with Crippen molar-refractivity contribution in [2.45, 2.75) is 67.2 Å². The summed E-state index contributed by atoms with van der Waals surface area (Å²) in [4.78, 5) is 11.7. The third-order valence-electron chi connectivity index (χ3n) is 3.20. The molecule has 2 nitrogen and oxygen atoms in total. The minimum absolute atomic E-state index is 0.247. The molecular weight excluding hydrogens is 272 g/mol. The number of hydrogen-bond acceptors (Lipinski definition) is 2. The molecule has 0 aromatic heterocycles. The van der Waals surface area contributed by atoms with E-state index in [0.29, 0.717) is 6.61 Å². The van der Waals surface area contributed by atoms with Gasteiger partial charge in [-0.2, -0.15) is 0 Å². The van der Waals surface area contributed by atoms with Gasteiger partial charge in [0.15, 0.2) is 0 Å². The molecule has 0 aliphatic heterocycles. The molecule has 0 aromatic carbocycles. The number of rotatable bonds is 9. The summed E-state index contributed by atoms with van der Waals surface area (Å²) in [6.45, 7) is 12.8. The second-order valence-electron chi connectivity index (χ2n) is 6.31. The minimum atomic E-state index is -0.247. The van der Waals surface area contributed by atoms with Gasteiger partial charge in [0, 0.05) is 6.08 Å². The van der Waals surface area contributed by atoms with E-state index >= 15 is 0 Å². The Kier molecular flexibility index (Phi) is 11.2. The number of carbonyl (C=O) groups is 1. The fraction of sp³-hybridized carbons (Fsp3) is 0.550. The molecule has 0 aliphatic rings. The summed E-state index contributed by atoms with van der Waals surface area (Å²) < 4.78 is 5.22. The molecule has 0 aliphatic carbocycles. The van der Waals surface area contributed by atoms with Gasteiger partial charge in [-0.25, -0.2) is 4.79 Å². The number of hydrogen-bond donors (Lipinski definition) is 0. The Bertz CT molecular complexity index is 454. The lowest BCUT2D eigenvalue weighted by Crippen LogP contribution is -2.02. The number of allylic oxidation sites excluding steroid dienone is 6. The van der Waals surface area contributed by atoms with Crippen LogP contribution < -0.4 is 0 Å². The summed E-state index contributed by atoms with van der Waals surface area (Å²) in [6, 6.07) is 0. The Morgan fingerprint density at radius 1 is 0.773 bits per heavy atom. The van der Waals surface area contributed by atoms with Crippen molar-refractivity contribution in [2.24, 2.45) is 0 Å². The van der Waals surface area contributed by atoms with E-state index in [4.69, 9.17) is 4.74 Å². The molecule has 0 aromatic rings. The standard InChI is InChI=1S/C20H32O2/c1-16(2)9-7-11-18(5)13-14-22-20(21)15-19(6)12-8-10-17(3)4/h9-10,13,15H,7-8,11-12,14H2,1-6H3/b18-13+,19-15+. The fourth-order valence-corrected chi connectivity index (χ4v) is 1.86. The molecule has 0 saturated carbocycles. The first-order chi connectivity index (χ1) is 10.3. The molecule has 2 heteroatoms. The number of carbonyl (C=O) groups excluding carboxylic acids is 1. The van der Waals surface area contributed by atoms with Crippen LogP contribution in [0.1, 0.15) is 67.2 Å². The Morgan fingerprint density at radius 2 is 1.27 bits per heavy atom. The Morgan fingerprint density at radius 3 is 1.77 bits per heavy atom. The van der Waals surface area contributed by atoms with Crippen LogP contribution in [0.3, 0.4) is 0 Å². The molecule has 0 bridgehead atoms. The maximum Gasteiger partial charge on any atom is 0.331 e. The molecule has 0 saturated heterocycles. The van der Waals surface area contributed by atoms with Crippen molar-refractivity contribution in [3.8, 4) is 0 Å². The van der Waals surface area contributed by atoms with E-state index in [9.17, 15) is 4.79 Å². The summed E-state index contributed by atoms with van der Waals surface area (Å²) in [7, 11) is 0. The van der Waals surface area contributed by atoms with Gasteiger partial charge in [-0.15, -0.1) is 0 Å². The van der Waals surface area contributed by atoms with Gasteiger partial charge in [0.1, 0.15) is 6.61 Å². The van der Waals surface area contributed by atoms with Crippen LogP contribution in [-0.4, -0.2) is 12.6 Å². The van der Waals surface area contributed by atoms with Gasteiger partial charge in [0.25, 0.3) is 0 Å². The lowest BCUT2D eigenvalue weighted by molar-refractivity contribution is -0.136. The van der Waals surface area contributed by atoms with Crippen molar-refractivity contribution in [1.29, 1.82) is 0 Å². The monoisotopic (exact) mass is 304 g/mol. The van der Waals surface area contributed by atoms with E-state index in [1.54, 1.807) is 6.08 Å². The van der Waals surface area contributed by atoms with Crippen LogP contribution in [0, 0.1) is 0 Å². The van der Waals surface area contributed by atoms with Crippen LogP contribution in [0.5, 0.6) is 0 Å². The molecule has 0 spiro atoms. The van der Waals surface area contributed by atoms with Crippen molar-refractivity contribution in [1.82, 2.24) is 0 Å². The molecule has 0 fully saturated rings. The van der Waals surface area contributed by atoms with Crippen molar-refractivity contribution in [3.05, 3.63) is 46.6 Å². The lowest BCUT2D eigenvalue weighted by atomic mass is 10.1. The topological polar surface area (TPSA) is 26.3 Å². The molecule has 0 radical (unpaired) electrons. The van der Waals surface area contributed by atoms with E-state index in [1.165, 1.54) is 16.7 Å². The normalized spacial score (nSPS) is 11.9. The summed E-state index contributed by atoms with van der Waals surface area (Å²) in [6.07, 6.45) is 11.9. The largest absolute Gasteiger partial charge is 0.458 e. The zero-order valence-corrected chi connectivity index (χ0v) is 15.2. The highest BCUT2D eigenvalue weighted by molar-refractivity contribution is 5.82. The first kappa shape index (κ1) is 20.4. The summed E-state index contributed by atoms with van der Waals surface area (Å²) in [5, 5.41) is 0. The highest BCUT2D eigenvalue weighted by Crippen LogP contribution is 2.08. The van der Waals surface area contributed by atoms with Crippen LogP contribution in [0.4, 0.5) is 0 Å². The zero-order chi connectivity index (χ0) is 17.0. The summed E-state index contributed by atoms with van der Waals surface area (Å²) in [5.74, 6) is -0.247. The number of ether oxygens (including phenoxy) is 1. The smallest absolute Gasteiger partial charge is 0.331 e. The average Bonchev–Trinajstić information content (AvgIpc) is 2.37. The SMILES string of the molecule is CC(C)=CCC/C(C)=C/COC(=O)/C=C(\C)CCC=C(C)C. The molecule has 124 valence electrons. The highest BCUT2D eigenvalue weighted by Gasteiger charge is 1.99. The predicted molar refractivity (Wildman–Crippen MR) is 95.8 cm³/mol. The second-order valence-corrected chi connectivity index (χ2v) is 6.31. The van der Waals surface area contributed by atoms with E-state index in [2.05, 4.69) is 46.8 Å². The van der Waals surface area contributed by atoms with Crippen molar-refractivity contribution in [3.63, 3.8) is 0 Å². The fourth-order valence-electron chi connectivity index (χ4n) is 1.86. The maximum atomic E-state index is 11.7. The van der Waals surface area contributed by atoms with Crippen molar-refractivity contribution in [2.75, 3.05) is 6.61 Å². The summed E-state index contributed by atoms with van der Waals surface area (Å²) in [5.41, 5.74) is 4.97. The van der Waals surface area contributed by atoms with Gasteiger partial charge in [-0.1, -0.05) is 34.4 Å². The second kappa shape index (κ2) is 12.0. The minimum Gasteiger partial charge on any atom is -0.458 e. The molecular formula is C20H32O2. The quantitative estimate of drug-likeness (QED) is 0.300. The highest BCUT2D eigenvalue weighted by atomic mass is 16.5. The van der Waals surface area contributed by atoms with Crippen LogP contribution in [0.25, 0.3) is 0 Å². The predicted octanol–water partition coefficient (Wildman–Crippen LogP) is 5.92. The average molecular weight is 304 g/mol. The molecule has 0 heterocycles. The van der Waals surface area contributed by atoms with Crippen LogP contribution in [0.15, 0.2) is 46.6 Å². The van der Waals surface area contributed by atoms with Crippen LogP contribution in [-0.2, 0) is 9.53 Å². The van der Waals surface area contributed by atoms with Gasteiger partial charge in [-0.3, -0.25) is 0 Å². The molecule has 0 rings (SSSR count). The van der Waals surface area contributed by atoms with E-state index in [-0.39, 0.29) is 5.97 Å². The number of esters is 1. The van der Waals surface area contributed by atoms with Crippen LogP contribution >= 0.6 is 0 Å². The van der Waals surface area contributed by atoms with Gasteiger partial charge < -0.3 is 4.74 Å². The van der Waals surface area contributed by atoms with Crippen LogP contribution in [0.2, 0.25) is 0 Å². The van der Waals surface area contributed by atoms with Gasteiger partial charge in [0.2, 0.25) is 0 Å². The van der Waals surface area contributed by atoms with Gasteiger partial charge in [-0.05, 0) is 73.3 Å². The van der Waals surface area contributed by atoms with Crippen molar-refractivity contribution >= 4 is 5.97 Å².